The molecular formula is C14H13BrN4. The number of hydrogen-bond acceptors (Lipinski definition) is 3. The van der Waals surface area contributed by atoms with Crippen LogP contribution in [-0.4, -0.2) is 15.0 Å². The summed E-state index contributed by atoms with van der Waals surface area (Å²) in [6.45, 7) is 1.48. The molecule has 1 aromatic carbocycles. The monoisotopic (exact) mass is 316 g/mol. The number of pyridine rings is 1. The maximum Gasteiger partial charge on any atom is 0.121 e. The molecule has 3 aromatic rings. The van der Waals surface area contributed by atoms with Crippen molar-refractivity contribution < 1.29 is 0 Å². The first-order valence-electron chi connectivity index (χ1n) is 6.05. The minimum absolute atomic E-state index is 0.710. The topological polar surface area (TPSA) is 53.6 Å². The number of rotatable bonds is 4. The van der Waals surface area contributed by atoms with E-state index in [1.54, 1.807) is 6.20 Å². The number of fused-ring (bicyclic) bond motifs is 1. The highest BCUT2D eigenvalue weighted by Gasteiger charge is 2.01. The van der Waals surface area contributed by atoms with Crippen molar-refractivity contribution >= 4 is 27.0 Å². The van der Waals surface area contributed by atoms with Crippen molar-refractivity contribution in [3.8, 4) is 0 Å². The molecule has 2 aromatic heterocycles. The third-order valence-electron chi connectivity index (χ3n) is 2.82. The largest absolute Gasteiger partial charge is 0.341 e. The molecule has 0 saturated carbocycles. The highest BCUT2D eigenvalue weighted by Crippen LogP contribution is 2.11. The quantitative estimate of drug-likeness (QED) is 0.778. The zero-order valence-electron chi connectivity index (χ0n) is 10.2. The minimum Gasteiger partial charge on any atom is -0.341 e. The first kappa shape index (κ1) is 12.3. The van der Waals surface area contributed by atoms with E-state index in [1.165, 1.54) is 0 Å². The summed E-state index contributed by atoms with van der Waals surface area (Å²) in [6, 6.07) is 10.1. The number of nitrogens with one attached hydrogen (secondary N) is 2. The van der Waals surface area contributed by atoms with Crippen LogP contribution in [0.25, 0.3) is 11.0 Å². The Kier molecular flexibility index (Phi) is 3.57. The van der Waals surface area contributed by atoms with E-state index >= 15 is 0 Å². The molecule has 0 bridgehead atoms. The molecular weight excluding hydrogens is 304 g/mol. The Morgan fingerprint density at radius 1 is 1.16 bits per heavy atom. The molecule has 0 aliphatic carbocycles. The van der Waals surface area contributed by atoms with Crippen molar-refractivity contribution in [3.63, 3.8) is 0 Å². The minimum atomic E-state index is 0.710. The fourth-order valence-corrected chi connectivity index (χ4v) is 2.38. The molecule has 0 amide bonds. The van der Waals surface area contributed by atoms with Crippen LogP contribution in [0.1, 0.15) is 11.4 Å². The van der Waals surface area contributed by atoms with Crippen LogP contribution in [-0.2, 0) is 13.1 Å². The number of nitrogens with zero attached hydrogens (tertiary/aromatic N) is 2. The Hall–Kier alpha value is -1.72. The SMILES string of the molecule is Brc1cncc(CNCc2nc3ccccc3[nH]2)c1. The Morgan fingerprint density at radius 2 is 2.05 bits per heavy atom. The van der Waals surface area contributed by atoms with Crippen molar-refractivity contribution in [1.29, 1.82) is 0 Å². The Labute approximate surface area is 119 Å². The molecule has 0 spiro atoms. The number of para-hydroxylation sites is 2. The van der Waals surface area contributed by atoms with Crippen molar-refractivity contribution in [1.82, 2.24) is 20.3 Å². The van der Waals surface area contributed by atoms with E-state index in [1.807, 2.05) is 30.5 Å². The van der Waals surface area contributed by atoms with E-state index in [4.69, 9.17) is 0 Å². The first-order chi connectivity index (χ1) is 9.31. The van der Waals surface area contributed by atoms with Crippen LogP contribution in [0, 0.1) is 0 Å². The lowest BCUT2D eigenvalue weighted by molar-refractivity contribution is 0.668. The molecule has 0 aliphatic rings. The van der Waals surface area contributed by atoms with Gasteiger partial charge >= 0.3 is 0 Å². The average molecular weight is 317 g/mol. The Morgan fingerprint density at radius 3 is 2.89 bits per heavy atom. The summed E-state index contributed by atoms with van der Waals surface area (Å²) in [5.41, 5.74) is 3.22. The molecule has 0 unspecified atom stereocenters. The van der Waals surface area contributed by atoms with Crippen molar-refractivity contribution in [2.24, 2.45) is 0 Å². The number of H-pyrrole nitrogens is 1. The number of aromatic nitrogens is 3. The summed E-state index contributed by atoms with van der Waals surface area (Å²) in [5.74, 6) is 0.948. The summed E-state index contributed by atoms with van der Waals surface area (Å²) in [6.07, 6.45) is 3.64. The van der Waals surface area contributed by atoms with Crippen LogP contribution in [0.4, 0.5) is 0 Å². The number of aromatic amines is 1. The van der Waals surface area contributed by atoms with E-state index in [-0.39, 0.29) is 0 Å². The van der Waals surface area contributed by atoms with E-state index in [0.29, 0.717) is 6.54 Å². The lowest BCUT2D eigenvalue weighted by Crippen LogP contribution is -2.13. The molecule has 2 N–H and O–H groups in total. The molecule has 19 heavy (non-hydrogen) atoms. The number of benzene rings is 1. The fourth-order valence-electron chi connectivity index (χ4n) is 1.97. The van der Waals surface area contributed by atoms with Gasteiger partial charge in [-0.05, 0) is 39.7 Å². The molecule has 0 radical (unpaired) electrons. The van der Waals surface area contributed by atoms with Crippen molar-refractivity contribution in [3.05, 3.63) is 58.6 Å². The van der Waals surface area contributed by atoms with Crippen LogP contribution in [0.2, 0.25) is 0 Å². The molecule has 4 nitrogen and oxygen atoms in total. The van der Waals surface area contributed by atoms with Gasteiger partial charge in [-0.15, -0.1) is 0 Å². The number of halogens is 1. The summed E-state index contributed by atoms with van der Waals surface area (Å²) < 4.78 is 0.996. The van der Waals surface area contributed by atoms with Gasteiger partial charge in [0.05, 0.1) is 17.6 Å². The summed E-state index contributed by atoms with van der Waals surface area (Å²) >= 11 is 3.41. The van der Waals surface area contributed by atoms with Crippen LogP contribution in [0.15, 0.2) is 47.2 Å². The summed E-state index contributed by atoms with van der Waals surface area (Å²) in [4.78, 5) is 11.9. The molecule has 0 saturated heterocycles. The number of imidazole rings is 1. The standard InChI is InChI=1S/C14H13BrN4/c15-11-5-10(6-16-8-11)7-17-9-14-18-12-3-1-2-4-13(12)19-14/h1-6,8,17H,7,9H2,(H,18,19). The lowest BCUT2D eigenvalue weighted by Gasteiger charge is -2.02. The zero-order valence-corrected chi connectivity index (χ0v) is 11.8. The maximum atomic E-state index is 4.52. The van der Waals surface area contributed by atoms with Crippen LogP contribution < -0.4 is 5.32 Å². The molecule has 0 fully saturated rings. The van der Waals surface area contributed by atoms with E-state index in [9.17, 15) is 0 Å². The molecule has 3 rings (SSSR count). The van der Waals surface area contributed by atoms with Gasteiger partial charge in [0.2, 0.25) is 0 Å². The van der Waals surface area contributed by atoms with Crippen molar-refractivity contribution in [2.75, 3.05) is 0 Å². The molecule has 0 aliphatic heterocycles. The zero-order chi connectivity index (χ0) is 13.1. The van der Waals surface area contributed by atoms with Gasteiger partial charge in [-0.2, -0.15) is 0 Å². The second-order valence-electron chi connectivity index (χ2n) is 4.32. The first-order valence-corrected chi connectivity index (χ1v) is 6.84. The van der Waals surface area contributed by atoms with E-state index in [2.05, 4.69) is 42.3 Å². The molecule has 0 atom stereocenters. The van der Waals surface area contributed by atoms with Gasteiger partial charge in [0.25, 0.3) is 0 Å². The highest BCUT2D eigenvalue weighted by molar-refractivity contribution is 9.10. The van der Waals surface area contributed by atoms with Gasteiger partial charge in [0.1, 0.15) is 5.82 Å². The third kappa shape index (κ3) is 3.00. The van der Waals surface area contributed by atoms with Gasteiger partial charge in [-0.25, -0.2) is 4.98 Å². The fraction of sp³-hybridized carbons (Fsp3) is 0.143. The van der Waals surface area contributed by atoms with Gasteiger partial charge in [-0.3, -0.25) is 4.98 Å². The Bertz CT molecular complexity index is 659. The second kappa shape index (κ2) is 5.50. The Balaban J connectivity index is 1.63. The van der Waals surface area contributed by atoms with Crippen LogP contribution in [0.5, 0.6) is 0 Å². The van der Waals surface area contributed by atoms with E-state index < -0.39 is 0 Å². The van der Waals surface area contributed by atoms with Crippen molar-refractivity contribution in [2.45, 2.75) is 13.1 Å². The van der Waals surface area contributed by atoms with E-state index in [0.717, 1.165) is 33.4 Å². The third-order valence-corrected chi connectivity index (χ3v) is 3.26. The second-order valence-corrected chi connectivity index (χ2v) is 5.23. The molecule has 5 heteroatoms. The average Bonchev–Trinajstić information content (AvgIpc) is 2.81. The predicted octanol–water partition coefficient (Wildman–Crippen LogP) is 3.01. The summed E-state index contributed by atoms with van der Waals surface area (Å²) in [5, 5.41) is 3.35. The smallest absolute Gasteiger partial charge is 0.121 e. The van der Waals surface area contributed by atoms with Crippen LogP contribution in [0.3, 0.4) is 0 Å². The van der Waals surface area contributed by atoms with Gasteiger partial charge in [0, 0.05) is 23.4 Å². The van der Waals surface area contributed by atoms with Crippen LogP contribution >= 0.6 is 15.9 Å². The maximum absolute atomic E-state index is 4.52. The number of hydrogen-bond donors (Lipinski definition) is 2. The van der Waals surface area contributed by atoms with Gasteiger partial charge in [-0.1, -0.05) is 12.1 Å². The highest BCUT2D eigenvalue weighted by atomic mass is 79.9. The normalized spacial score (nSPS) is 11.0. The summed E-state index contributed by atoms with van der Waals surface area (Å²) in [7, 11) is 0. The predicted molar refractivity (Wildman–Crippen MR) is 78.6 cm³/mol. The molecule has 96 valence electrons. The lowest BCUT2D eigenvalue weighted by atomic mass is 10.3. The van der Waals surface area contributed by atoms with Gasteiger partial charge < -0.3 is 10.3 Å². The molecule has 2 heterocycles. The van der Waals surface area contributed by atoms with Gasteiger partial charge in [0.15, 0.2) is 0 Å².